The van der Waals surface area contributed by atoms with Crippen LogP contribution < -0.4 is 5.32 Å². The molecule has 0 atom stereocenters. The van der Waals surface area contributed by atoms with E-state index in [-0.39, 0.29) is 6.54 Å². The van der Waals surface area contributed by atoms with Crippen molar-refractivity contribution in [3.05, 3.63) is 30.4 Å². The van der Waals surface area contributed by atoms with Crippen LogP contribution in [0, 0.1) is 0 Å². The van der Waals surface area contributed by atoms with Gasteiger partial charge in [-0.1, -0.05) is 0 Å². The number of alkyl halides is 2. The number of anilines is 1. The van der Waals surface area contributed by atoms with Crippen LogP contribution in [-0.4, -0.2) is 26.0 Å². The summed E-state index contributed by atoms with van der Waals surface area (Å²) in [5, 5.41) is 11.0. The van der Waals surface area contributed by atoms with Crippen LogP contribution in [0.3, 0.4) is 0 Å². The van der Waals surface area contributed by atoms with Gasteiger partial charge in [0.05, 0.1) is 18.1 Å². The van der Waals surface area contributed by atoms with Gasteiger partial charge in [0.15, 0.2) is 0 Å². The van der Waals surface area contributed by atoms with Crippen molar-refractivity contribution < 1.29 is 8.78 Å². The van der Waals surface area contributed by atoms with Crippen molar-refractivity contribution in [3.8, 4) is 0 Å². The van der Waals surface area contributed by atoms with Crippen LogP contribution in [-0.2, 0) is 20.1 Å². The molecule has 0 aliphatic rings. The Morgan fingerprint density at radius 2 is 2.12 bits per heavy atom. The van der Waals surface area contributed by atoms with Crippen molar-refractivity contribution in [2.24, 2.45) is 7.05 Å². The first-order valence-electron chi connectivity index (χ1n) is 5.15. The van der Waals surface area contributed by atoms with E-state index < -0.39 is 6.43 Å². The Hall–Kier alpha value is -1.92. The Morgan fingerprint density at radius 1 is 1.29 bits per heavy atom. The van der Waals surface area contributed by atoms with E-state index in [1.54, 1.807) is 23.3 Å². The average Bonchev–Trinajstić information content (AvgIpc) is 2.84. The lowest BCUT2D eigenvalue weighted by Crippen LogP contribution is -2.06. The fourth-order valence-electron chi connectivity index (χ4n) is 1.46. The number of hydrogen-bond donors (Lipinski definition) is 1. The normalized spacial score (nSPS) is 11.1. The first-order valence-corrected chi connectivity index (χ1v) is 5.15. The molecule has 1 N–H and O–H groups in total. The first-order chi connectivity index (χ1) is 8.13. The third kappa shape index (κ3) is 3.27. The highest BCUT2D eigenvalue weighted by molar-refractivity contribution is 5.38. The molecule has 0 radical (unpaired) electrons. The van der Waals surface area contributed by atoms with Gasteiger partial charge < -0.3 is 5.32 Å². The number of nitrogens with one attached hydrogen (secondary N) is 1. The molecule has 0 saturated carbocycles. The smallest absolute Gasteiger partial charge is 0.257 e. The lowest BCUT2D eigenvalue weighted by molar-refractivity contribution is 0.122. The molecule has 17 heavy (non-hydrogen) atoms. The fourth-order valence-corrected chi connectivity index (χ4v) is 1.46. The zero-order chi connectivity index (χ0) is 12.3. The molecule has 2 aromatic rings. The van der Waals surface area contributed by atoms with Crippen molar-refractivity contribution in [2.75, 3.05) is 5.32 Å². The van der Waals surface area contributed by atoms with Crippen molar-refractivity contribution in [1.82, 2.24) is 19.6 Å². The molecule has 2 heterocycles. The Bertz CT molecular complexity index is 477. The molecule has 0 unspecified atom stereocenters. The summed E-state index contributed by atoms with van der Waals surface area (Å²) in [4.78, 5) is 0. The Labute approximate surface area is 97.0 Å². The molecular formula is C10H13F2N5. The predicted molar refractivity (Wildman–Crippen MR) is 58.8 cm³/mol. The molecule has 7 heteroatoms. The van der Waals surface area contributed by atoms with Gasteiger partial charge in [0, 0.05) is 31.5 Å². The zero-order valence-corrected chi connectivity index (χ0v) is 9.35. The lowest BCUT2D eigenvalue weighted by Gasteiger charge is -2.00. The molecule has 0 bridgehead atoms. The van der Waals surface area contributed by atoms with Crippen LogP contribution in [0.15, 0.2) is 24.8 Å². The lowest BCUT2D eigenvalue weighted by atomic mass is 10.3. The van der Waals surface area contributed by atoms with Crippen molar-refractivity contribution in [3.63, 3.8) is 0 Å². The maximum Gasteiger partial charge on any atom is 0.257 e. The highest BCUT2D eigenvalue weighted by Gasteiger charge is 2.05. The molecular weight excluding hydrogens is 228 g/mol. The summed E-state index contributed by atoms with van der Waals surface area (Å²) in [5.74, 6) is 0. The van der Waals surface area contributed by atoms with Gasteiger partial charge in [-0.05, 0) is 0 Å². The second kappa shape index (κ2) is 4.94. The summed E-state index contributed by atoms with van der Waals surface area (Å²) < 4.78 is 27.1. The van der Waals surface area contributed by atoms with Crippen molar-refractivity contribution in [1.29, 1.82) is 0 Å². The van der Waals surface area contributed by atoms with Crippen LogP contribution in [0.4, 0.5) is 14.5 Å². The first kappa shape index (κ1) is 11.6. The number of rotatable bonds is 5. The Morgan fingerprint density at radius 3 is 2.76 bits per heavy atom. The molecule has 5 nitrogen and oxygen atoms in total. The summed E-state index contributed by atoms with van der Waals surface area (Å²) in [6.45, 7) is 0.168. The summed E-state index contributed by atoms with van der Waals surface area (Å²) in [5.41, 5.74) is 1.74. The van der Waals surface area contributed by atoms with Gasteiger partial charge in [-0.15, -0.1) is 0 Å². The van der Waals surface area contributed by atoms with Gasteiger partial charge >= 0.3 is 0 Å². The van der Waals surface area contributed by atoms with E-state index in [2.05, 4.69) is 15.5 Å². The standard InChI is InChI=1S/C10H13F2N5/c1-16-6-9(4-14-16)13-2-8-3-15-17(5-8)7-10(11)12/h3-6,10,13H,2,7H2,1H3. The minimum atomic E-state index is -2.38. The largest absolute Gasteiger partial charge is 0.378 e. The van der Waals surface area contributed by atoms with Gasteiger partial charge in [0.1, 0.15) is 6.54 Å². The summed E-state index contributed by atoms with van der Waals surface area (Å²) in [6.07, 6.45) is 4.34. The van der Waals surface area contributed by atoms with E-state index in [0.717, 1.165) is 11.3 Å². The Balaban J connectivity index is 1.89. The Kier molecular flexibility index (Phi) is 3.36. The van der Waals surface area contributed by atoms with E-state index in [1.807, 2.05) is 13.2 Å². The van der Waals surface area contributed by atoms with E-state index >= 15 is 0 Å². The second-order valence-corrected chi connectivity index (χ2v) is 3.72. The molecule has 2 aromatic heterocycles. The third-order valence-electron chi connectivity index (χ3n) is 2.21. The monoisotopic (exact) mass is 241 g/mol. The highest BCUT2D eigenvalue weighted by atomic mass is 19.3. The zero-order valence-electron chi connectivity index (χ0n) is 9.35. The number of halogens is 2. The van der Waals surface area contributed by atoms with Crippen molar-refractivity contribution >= 4 is 5.69 Å². The summed E-state index contributed by atoms with van der Waals surface area (Å²) in [6, 6.07) is 0. The SMILES string of the molecule is Cn1cc(NCc2cnn(CC(F)F)c2)cn1. The van der Waals surface area contributed by atoms with E-state index in [4.69, 9.17) is 0 Å². The van der Waals surface area contributed by atoms with Gasteiger partial charge in [0.25, 0.3) is 6.43 Å². The molecule has 0 aliphatic heterocycles. The van der Waals surface area contributed by atoms with Crippen LogP contribution >= 0.6 is 0 Å². The maximum atomic E-state index is 12.1. The van der Waals surface area contributed by atoms with Gasteiger partial charge in [-0.25, -0.2) is 8.78 Å². The molecule has 0 saturated heterocycles. The number of aromatic nitrogens is 4. The van der Waals surface area contributed by atoms with Crippen LogP contribution in [0.2, 0.25) is 0 Å². The predicted octanol–water partition coefficient (Wildman–Crippen LogP) is 1.49. The topological polar surface area (TPSA) is 47.7 Å². The van der Waals surface area contributed by atoms with Crippen LogP contribution in [0.1, 0.15) is 5.56 Å². The second-order valence-electron chi connectivity index (χ2n) is 3.72. The summed E-state index contributed by atoms with van der Waals surface area (Å²) >= 11 is 0. The average molecular weight is 241 g/mol. The van der Waals surface area contributed by atoms with Crippen LogP contribution in [0.5, 0.6) is 0 Å². The van der Waals surface area contributed by atoms with Gasteiger partial charge in [-0.2, -0.15) is 10.2 Å². The van der Waals surface area contributed by atoms with Gasteiger partial charge in [0.2, 0.25) is 0 Å². The molecule has 0 spiro atoms. The quantitative estimate of drug-likeness (QED) is 0.862. The minimum absolute atomic E-state index is 0.368. The maximum absolute atomic E-state index is 12.1. The third-order valence-corrected chi connectivity index (χ3v) is 2.21. The fraction of sp³-hybridized carbons (Fsp3) is 0.400. The van der Waals surface area contributed by atoms with Crippen molar-refractivity contribution in [2.45, 2.75) is 19.5 Å². The number of nitrogens with zero attached hydrogens (tertiary/aromatic N) is 4. The highest BCUT2D eigenvalue weighted by Crippen LogP contribution is 2.07. The minimum Gasteiger partial charge on any atom is -0.378 e. The molecule has 0 aromatic carbocycles. The van der Waals surface area contributed by atoms with E-state index in [1.165, 1.54) is 4.68 Å². The van der Waals surface area contributed by atoms with E-state index in [9.17, 15) is 8.78 Å². The van der Waals surface area contributed by atoms with Crippen LogP contribution in [0.25, 0.3) is 0 Å². The summed E-state index contributed by atoms with van der Waals surface area (Å²) in [7, 11) is 1.83. The molecule has 0 fully saturated rings. The molecule has 2 rings (SSSR count). The molecule has 0 aliphatic carbocycles. The number of aryl methyl sites for hydroxylation is 1. The molecule has 0 amide bonds. The molecule has 92 valence electrons. The van der Waals surface area contributed by atoms with E-state index in [0.29, 0.717) is 6.54 Å². The van der Waals surface area contributed by atoms with Gasteiger partial charge in [-0.3, -0.25) is 9.36 Å². The number of hydrogen-bond acceptors (Lipinski definition) is 3.